The van der Waals surface area contributed by atoms with Crippen LogP contribution in [-0.4, -0.2) is 6.04 Å². The van der Waals surface area contributed by atoms with E-state index in [0.717, 1.165) is 0 Å². The largest absolute Gasteiger partial charge is 0.383 e. The first kappa shape index (κ1) is 13.0. The van der Waals surface area contributed by atoms with E-state index in [1.807, 2.05) is 6.08 Å². The summed E-state index contributed by atoms with van der Waals surface area (Å²) in [6.07, 6.45) is 6.05. The van der Waals surface area contributed by atoms with Crippen LogP contribution in [0.25, 0.3) is 0 Å². The van der Waals surface area contributed by atoms with Crippen molar-refractivity contribution in [3.8, 4) is 0 Å². The van der Waals surface area contributed by atoms with Gasteiger partial charge in [0, 0.05) is 11.7 Å². The minimum absolute atomic E-state index is 0.466. The molecule has 0 spiro atoms. The van der Waals surface area contributed by atoms with Crippen molar-refractivity contribution in [2.45, 2.75) is 40.7 Å². The Hall–Kier alpha value is -0.980. The quantitative estimate of drug-likeness (QED) is 0.657. The molecule has 1 heteroatoms. The van der Waals surface area contributed by atoms with E-state index in [1.165, 1.54) is 11.3 Å². The Labute approximate surface area is 88.6 Å². The Morgan fingerprint density at radius 1 is 1.21 bits per heavy atom. The summed E-state index contributed by atoms with van der Waals surface area (Å²) < 4.78 is 0. The monoisotopic (exact) mass is 193 g/mol. The SMILES string of the molecule is C=C/C=C(\C(=C/C)NC(C)C)C(C)C. The van der Waals surface area contributed by atoms with Gasteiger partial charge in [0.05, 0.1) is 0 Å². The maximum Gasteiger partial charge on any atom is 0.0333 e. The van der Waals surface area contributed by atoms with E-state index >= 15 is 0 Å². The molecule has 0 rings (SSSR count). The Kier molecular flexibility index (Phi) is 6.02. The van der Waals surface area contributed by atoms with Crippen molar-refractivity contribution < 1.29 is 0 Å². The summed E-state index contributed by atoms with van der Waals surface area (Å²) in [5.74, 6) is 0.519. The van der Waals surface area contributed by atoms with Gasteiger partial charge in [-0.3, -0.25) is 0 Å². The average Bonchev–Trinajstić information content (AvgIpc) is 2.10. The molecular weight excluding hydrogens is 170 g/mol. The molecule has 0 amide bonds. The molecule has 0 fully saturated rings. The van der Waals surface area contributed by atoms with Gasteiger partial charge in [0.2, 0.25) is 0 Å². The molecule has 0 aromatic heterocycles. The molecule has 0 unspecified atom stereocenters. The third-order valence-corrected chi connectivity index (χ3v) is 1.96. The van der Waals surface area contributed by atoms with Crippen LogP contribution >= 0.6 is 0 Å². The molecule has 0 bridgehead atoms. The van der Waals surface area contributed by atoms with E-state index < -0.39 is 0 Å². The molecular formula is C13H23N. The highest BCUT2D eigenvalue weighted by atomic mass is 14.9. The molecule has 1 N–H and O–H groups in total. The first-order chi connectivity index (χ1) is 6.52. The van der Waals surface area contributed by atoms with E-state index in [1.54, 1.807) is 0 Å². The summed E-state index contributed by atoms with van der Waals surface area (Å²) in [6.45, 7) is 14.5. The van der Waals surface area contributed by atoms with Crippen molar-refractivity contribution in [2.75, 3.05) is 0 Å². The summed E-state index contributed by atoms with van der Waals surface area (Å²) in [5.41, 5.74) is 2.53. The molecule has 0 saturated heterocycles. The first-order valence-electron chi connectivity index (χ1n) is 5.28. The summed E-state index contributed by atoms with van der Waals surface area (Å²) in [4.78, 5) is 0. The second-order valence-corrected chi connectivity index (χ2v) is 4.01. The standard InChI is InChI=1S/C13H23N/c1-7-9-12(10(3)4)13(8-2)14-11(5)6/h7-11,14H,1H2,2-6H3/b12-9-,13-8+. The molecule has 0 aliphatic carbocycles. The predicted octanol–water partition coefficient (Wildman–Crippen LogP) is 3.66. The molecule has 0 aromatic rings. The lowest BCUT2D eigenvalue weighted by molar-refractivity contribution is 0.646. The van der Waals surface area contributed by atoms with Crippen LogP contribution in [0.5, 0.6) is 0 Å². The van der Waals surface area contributed by atoms with E-state index in [9.17, 15) is 0 Å². The lowest BCUT2D eigenvalue weighted by atomic mass is 9.98. The van der Waals surface area contributed by atoms with Crippen molar-refractivity contribution in [2.24, 2.45) is 5.92 Å². The highest BCUT2D eigenvalue weighted by molar-refractivity contribution is 5.33. The fourth-order valence-corrected chi connectivity index (χ4v) is 1.36. The maximum atomic E-state index is 3.75. The van der Waals surface area contributed by atoms with Gasteiger partial charge < -0.3 is 5.32 Å². The van der Waals surface area contributed by atoms with Crippen LogP contribution in [0.4, 0.5) is 0 Å². The van der Waals surface area contributed by atoms with Crippen molar-refractivity contribution in [3.05, 3.63) is 36.1 Å². The Morgan fingerprint density at radius 2 is 1.79 bits per heavy atom. The second-order valence-electron chi connectivity index (χ2n) is 4.01. The molecule has 1 nitrogen and oxygen atoms in total. The molecule has 0 aliphatic rings. The number of nitrogens with one attached hydrogen (secondary N) is 1. The smallest absolute Gasteiger partial charge is 0.0333 e. The van der Waals surface area contributed by atoms with Crippen LogP contribution in [-0.2, 0) is 0 Å². The second kappa shape index (κ2) is 6.47. The highest BCUT2D eigenvalue weighted by Gasteiger charge is 2.08. The zero-order chi connectivity index (χ0) is 11.1. The summed E-state index contributed by atoms with van der Waals surface area (Å²) in [7, 11) is 0. The predicted molar refractivity (Wildman–Crippen MR) is 65.1 cm³/mol. The summed E-state index contributed by atoms with van der Waals surface area (Å²) in [5, 5.41) is 3.44. The fraction of sp³-hybridized carbons (Fsp3) is 0.538. The van der Waals surface area contributed by atoms with Gasteiger partial charge in [-0.15, -0.1) is 0 Å². The van der Waals surface area contributed by atoms with Gasteiger partial charge in [-0.2, -0.15) is 0 Å². The van der Waals surface area contributed by atoms with Crippen molar-refractivity contribution in [1.82, 2.24) is 5.32 Å². The molecule has 0 aromatic carbocycles. The van der Waals surface area contributed by atoms with E-state index in [0.29, 0.717) is 12.0 Å². The van der Waals surface area contributed by atoms with Crippen LogP contribution in [0.1, 0.15) is 34.6 Å². The molecule has 0 atom stereocenters. The average molecular weight is 193 g/mol. The van der Waals surface area contributed by atoms with Crippen LogP contribution in [0.15, 0.2) is 36.1 Å². The van der Waals surface area contributed by atoms with Gasteiger partial charge in [0.15, 0.2) is 0 Å². The lowest BCUT2D eigenvalue weighted by Crippen LogP contribution is -2.24. The zero-order valence-electron chi connectivity index (χ0n) is 10.1. The highest BCUT2D eigenvalue weighted by Crippen LogP contribution is 2.17. The molecule has 0 radical (unpaired) electrons. The van der Waals surface area contributed by atoms with Crippen molar-refractivity contribution in [3.63, 3.8) is 0 Å². The van der Waals surface area contributed by atoms with E-state index in [2.05, 4.69) is 58.7 Å². The Morgan fingerprint density at radius 3 is 2.07 bits per heavy atom. The van der Waals surface area contributed by atoms with Gasteiger partial charge in [0.1, 0.15) is 0 Å². The van der Waals surface area contributed by atoms with Crippen LogP contribution in [0, 0.1) is 5.92 Å². The van der Waals surface area contributed by atoms with E-state index in [-0.39, 0.29) is 0 Å². The van der Waals surface area contributed by atoms with Gasteiger partial charge in [-0.1, -0.05) is 38.7 Å². The third-order valence-electron chi connectivity index (χ3n) is 1.96. The molecule has 0 heterocycles. The topological polar surface area (TPSA) is 12.0 Å². The van der Waals surface area contributed by atoms with Gasteiger partial charge in [-0.05, 0) is 32.3 Å². The van der Waals surface area contributed by atoms with Gasteiger partial charge >= 0.3 is 0 Å². The lowest BCUT2D eigenvalue weighted by Gasteiger charge is -2.19. The normalized spacial score (nSPS) is 13.6. The van der Waals surface area contributed by atoms with Crippen molar-refractivity contribution >= 4 is 0 Å². The Bertz CT molecular complexity index is 232. The molecule has 0 saturated carbocycles. The number of hydrogen-bond donors (Lipinski definition) is 1. The minimum atomic E-state index is 0.466. The number of allylic oxidation sites excluding steroid dienone is 4. The molecule has 14 heavy (non-hydrogen) atoms. The van der Waals surface area contributed by atoms with E-state index in [4.69, 9.17) is 0 Å². The van der Waals surface area contributed by atoms with Crippen LogP contribution in [0.3, 0.4) is 0 Å². The first-order valence-corrected chi connectivity index (χ1v) is 5.28. The number of hydrogen-bond acceptors (Lipinski definition) is 1. The zero-order valence-corrected chi connectivity index (χ0v) is 10.1. The maximum absolute atomic E-state index is 3.75. The Balaban J connectivity index is 4.79. The van der Waals surface area contributed by atoms with Crippen LogP contribution < -0.4 is 5.32 Å². The molecule has 0 aliphatic heterocycles. The van der Waals surface area contributed by atoms with Gasteiger partial charge in [-0.25, -0.2) is 0 Å². The fourth-order valence-electron chi connectivity index (χ4n) is 1.36. The minimum Gasteiger partial charge on any atom is -0.383 e. The summed E-state index contributed by atoms with van der Waals surface area (Å²) >= 11 is 0. The molecule has 80 valence electrons. The third kappa shape index (κ3) is 4.31. The van der Waals surface area contributed by atoms with Crippen molar-refractivity contribution in [1.29, 1.82) is 0 Å². The van der Waals surface area contributed by atoms with Crippen LogP contribution in [0.2, 0.25) is 0 Å². The van der Waals surface area contributed by atoms with Gasteiger partial charge in [0.25, 0.3) is 0 Å². The summed E-state index contributed by atoms with van der Waals surface area (Å²) in [6, 6.07) is 0.466. The number of rotatable bonds is 5.